The van der Waals surface area contributed by atoms with Crippen molar-refractivity contribution in [2.24, 2.45) is 11.5 Å². The fourth-order valence-electron chi connectivity index (χ4n) is 2.44. The van der Waals surface area contributed by atoms with Crippen LogP contribution in [0.5, 0.6) is 0 Å². The van der Waals surface area contributed by atoms with E-state index in [2.05, 4.69) is 24.5 Å². The van der Waals surface area contributed by atoms with Crippen LogP contribution in [0.15, 0.2) is 0 Å². The van der Waals surface area contributed by atoms with Gasteiger partial charge in [-0.25, -0.2) is 0 Å². The van der Waals surface area contributed by atoms with Crippen molar-refractivity contribution in [3.8, 4) is 0 Å². The van der Waals surface area contributed by atoms with Crippen molar-refractivity contribution in [3.05, 3.63) is 0 Å². The Balaban J connectivity index is 3.03. The molecule has 0 aliphatic heterocycles. The van der Waals surface area contributed by atoms with Gasteiger partial charge in [-0.3, -0.25) is 0 Å². The van der Waals surface area contributed by atoms with Crippen LogP contribution in [0.25, 0.3) is 0 Å². The third kappa shape index (κ3) is 16.2. The fourth-order valence-corrected chi connectivity index (χ4v) is 2.44. The molecular weight excluding hydrogens is 272 g/mol. The molecule has 4 heteroatoms. The highest BCUT2D eigenvalue weighted by molar-refractivity contribution is 4.61. The molecule has 0 aromatic rings. The molecule has 4 nitrogen and oxygen atoms in total. The van der Waals surface area contributed by atoms with Gasteiger partial charge in [0.15, 0.2) is 0 Å². The largest absolute Gasteiger partial charge is 0.328 e. The van der Waals surface area contributed by atoms with E-state index in [9.17, 15) is 0 Å². The van der Waals surface area contributed by atoms with Crippen molar-refractivity contribution < 1.29 is 0 Å². The lowest BCUT2D eigenvalue weighted by Crippen LogP contribution is -2.26. The minimum absolute atomic E-state index is 0.374. The molecule has 0 amide bonds. The minimum Gasteiger partial charge on any atom is -0.328 e. The molecule has 6 N–H and O–H groups in total. The predicted octanol–water partition coefficient (Wildman–Crippen LogP) is 2.76. The van der Waals surface area contributed by atoms with Crippen LogP contribution in [0, 0.1) is 0 Å². The summed E-state index contributed by atoms with van der Waals surface area (Å²) in [5.74, 6) is 0. The Morgan fingerprint density at radius 3 is 1.32 bits per heavy atom. The first-order valence-electron chi connectivity index (χ1n) is 9.63. The lowest BCUT2D eigenvalue weighted by molar-refractivity contribution is 0.514. The SMILES string of the molecule is CCC(N)CCNCCCCCCCCNCCC(N)CC. The number of nitrogens with one attached hydrogen (secondary N) is 2. The van der Waals surface area contributed by atoms with Crippen molar-refractivity contribution in [2.75, 3.05) is 26.2 Å². The first kappa shape index (κ1) is 21.8. The summed E-state index contributed by atoms with van der Waals surface area (Å²) >= 11 is 0. The third-order valence-electron chi connectivity index (χ3n) is 4.39. The molecule has 0 aromatic heterocycles. The molecule has 0 aliphatic carbocycles. The Bertz CT molecular complexity index is 189. The van der Waals surface area contributed by atoms with Gasteiger partial charge in [0.25, 0.3) is 0 Å². The zero-order valence-corrected chi connectivity index (χ0v) is 15.2. The first-order valence-corrected chi connectivity index (χ1v) is 9.63. The first-order chi connectivity index (χ1) is 10.7. The van der Waals surface area contributed by atoms with Gasteiger partial charge >= 0.3 is 0 Å². The van der Waals surface area contributed by atoms with Gasteiger partial charge in [-0.2, -0.15) is 0 Å². The Hall–Kier alpha value is -0.160. The van der Waals surface area contributed by atoms with Gasteiger partial charge in [0.05, 0.1) is 0 Å². The molecule has 0 bridgehead atoms. The number of nitrogens with two attached hydrogens (primary N) is 2. The van der Waals surface area contributed by atoms with E-state index in [1.807, 2.05) is 0 Å². The van der Waals surface area contributed by atoms with Crippen molar-refractivity contribution in [3.63, 3.8) is 0 Å². The Kier molecular flexibility index (Phi) is 17.1. The predicted molar refractivity (Wildman–Crippen MR) is 99.2 cm³/mol. The van der Waals surface area contributed by atoms with Crippen LogP contribution >= 0.6 is 0 Å². The van der Waals surface area contributed by atoms with Crippen LogP contribution in [0.1, 0.15) is 78.1 Å². The lowest BCUT2D eigenvalue weighted by atomic mass is 10.1. The molecule has 2 atom stereocenters. The van der Waals surface area contributed by atoms with Gasteiger partial charge in [-0.15, -0.1) is 0 Å². The monoisotopic (exact) mass is 314 g/mol. The van der Waals surface area contributed by atoms with E-state index in [0.29, 0.717) is 12.1 Å². The van der Waals surface area contributed by atoms with Gasteiger partial charge in [-0.1, -0.05) is 39.5 Å². The summed E-state index contributed by atoms with van der Waals surface area (Å²) in [5.41, 5.74) is 11.8. The van der Waals surface area contributed by atoms with Gasteiger partial charge in [-0.05, 0) is 64.7 Å². The smallest absolute Gasteiger partial charge is 0.00482 e. The highest BCUT2D eigenvalue weighted by Crippen LogP contribution is 2.04. The van der Waals surface area contributed by atoms with Crippen LogP contribution in [0.2, 0.25) is 0 Å². The van der Waals surface area contributed by atoms with E-state index in [-0.39, 0.29) is 0 Å². The summed E-state index contributed by atoms with van der Waals surface area (Å²) in [4.78, 5) is 0. The molecular formula is C18H42N4. The lowest BCUT2D eigenvalue weighted by Gasteiger charge is -2.10. The summed E-state index contributed by atoms with van der Waals surface area (Å²) in [6, 6.07) is 0.748. The summed E-state index contributed by atoms with van der Waals surface area (Å²) in [5, 5.41) is 6.98. The second kappa shape index (κ2) is 17.2. The minimum atomic E-state index is 0.374. The third-order valence-corrected chi connectivity index (χ3v) is 4.39. The summed E-state index contributed by atoms with van der Waals surface area (Å²) in [6.45, 7) is 8.75. The molecule has 0 fully saturated rings. The van der Waals surface area contributed by atoms with Crippen LogP contribution in [-0.2, 0) is 0 Å². The molecule has 0 saturated carbocycles. The van der Waals surface area contributed by atoms with Crippen molar-refractivity contribution in [1.82, 2.24) is 10.6 Å². The van der Waals surface area contributed by atoms with Gasteiger partial charge < -0.3 is 22.1 Å². The van der Waals surface area contributed by atoms with Gasteiger partial charge in [0.1, 0.15) is 0 Å². The molecule has 0 heterocycles. The maximum absolute atomic E-state index is 5.88. The molecule has 0 aromatic carbocycles. The average molecular weight is 315 g/mol. The maximum atomic E-state index is 5.88. The highest BCUT2D eigenvalue weighted by atomic mass is 14.9. The molecule has 0 radical (unpaired) electrons. The van der Waals surface area contributed by atoms with E-state index in [1.54, 1.807) is 0 Å². The second-order valence-corrected chi connectivity index (χ2v) is 6.54. The fraction of sp³-hybridized carbons (Fsp3) is 1.00. The summed E-state index contributed by atoms with van der Waals surface area (Å²) < 4.78 is 0. The standard InChI is InChI=1S/C18H42N4/c1-3-17(19)11-15-21-13-9-7-5-6-8-10-14-22-16-12-18(20)4-2/h17-18,21-22H,3-16,19-20H2,1-2H3. The van der Waals surface area contributed by atoms with Gasteiger partial charge in [0, 0.05) is 12.1 Å². The normalized spacial score (nSPS) is 14.2. The number of hydrogen-bond donors (Lipinski definition) is 4. The number of unbranched alkanes of at least 4 members (excludes halogenated alkanes) is 5. The molecule has 0 rings (SSSR count). The highest BCUT2D eigenvalue weighted by Gasteiger charge is 1.98. The van der Waals surface area contributed by atoms with Crippen molar-refractivity contribution >= 4 is 0 Å². The Morgan fingerprint density at radius 1 is 0.591 bits per heavy atom. The summed E-state index contributed by atoms with van der Waals surface area (Å²) in [6.07, 6.45) is 12.4. The molecule has 22 heavy (non-hydrogen) atoms. The molecule has 0 aliphatic rings. The zero-order valence-electron chi connectivity index (χ0n) is 15.2. The van der Waals surface area contributed by atoms with Crippen LogP contribution in [-0.4, -0.2) is 38.3 Å². The van der Waals surface area contributed by atoms with Crippen LogP contribution in [0.3, 0.4) is 0 Å². The molecule has 134 valence electrons. The summed E-state index contributed by atoms with van der Waals surface area (Å²) in [7, 11) is 0. The van der Waals surface area contributed by atoms with E-state index in [1.165, 1.54) is 38.5 Å². The average Bonchev–Trinajstić information content (AvgIpc) is 2.54. The topological polar surface area (TPSA) is 76.1 Å². The Morgan fingerprint density at radius 2 is 0.955 bits per heavy atom. The quantitative estimate of drug-likeness (QED) is 0.311. The van der Waals surface area contributed by atoms with E-state index >= 15 is 0 Å². The van der Waals surface area contributed by atoms with E-state index in [0.717, 1.165) is 51.9 Å². The Labute approximate surface area is 139 Å². The molecule has 0 saturated heterocycles. The van der Waals surface area contributed by atoms with Crippen LogP contribution < -0.4 is 22.1 Å². The number of rotatable bonds is 17. The van der Waals surface area contributed by atoms with E-state index in [4.69, 9.17) is 11.5 Å². The molecule has 2 unspecified atom stereocenters. The second-order valence-electron chi connectivity index (χ2n) is 6.54. The number of hydrogen-bond acceptors (Lipinski definition) is 4. The van der Waals surface area contributed by atoms with Crippen molar-refractivity contribution in [2.45, 2.75) is 90.1 Å². The van der Waals surface area contributed by atoms with Crippen LogP contribution in [0.4, 0.5) is 0 Å². The van der Waals surface area contributed by atoms with Crippen molar-refractivity contribution in [1.29, 1.82) is 0 Å². The molecule has 0 spiro atoms. The van der Waals surface area contributed by atoms with E-state index < -0.39 is 0 Å². The van der Waals surface area contributed by atoms with Gasteiger partial charge in [0.2, 0.25) is 0 Å². The zero-order chi connectivity index (χ0) is 16.5. The maximum Gasteiger partial charge on any atom is 0.00482 e.